The van der Waals surface area contributed by atoms with Gasteiger partial charge >= 0.3 is 6.36 Å². The smallest absolute Gasteiger partial charge is 0.406 e. The van der Waals surface area contributed by atoms with Crippen molar-refractivity contribution < 1.29 is 26.3 Å². The van der Waals surface area contributed by atoms with Crippen molar-refractivity contribution in [1.29, 1.82) is 0 Å². The summed E-state index contributed by atoms with van der Waals surface area (Å²) >= 11 is 3.38. The molecule has 1 aliphatic rings. The molecule has 0 atom stereocenters. The molecule has 2 aromatic rings. The summed E-state index contributed by atoms with van der Waals surface area (Å²) < 4.78 is 68.7. The molecule has 0 unspecified atom stereocenters. The Hall–Kier alpha value is -1.58. The van der Waals surface area contributed by atoms with Gasteiger partial charge < -0.3 is 4.74 Å². The number of benzene rings is 2. The maximum absolute atomic E-state index is 12.4. The van der Waals surface area contributed by atoms with Gasteiger partial charge in [-0.1, -0.05) is 28.1 Å². The standard InChI is InChI=1S/C18H17BrF3NO3S/c19-14-3-1-13(2-4-14)11-17(9-10-17)12-23-27(24,25)16-7-5-15(6-8-16)26-18(20,21)22/h1-8,23H,9-12H2. The maximum Gasteiger partial charge on any atom is 0.573 e. The molecule has 4 nitrogen and oxygen atoms in total. The van der Waals surface area contributed by atoms with Crippen molar-refractivity contribution in [2.45, 2.75) is 30.5 Å². The van der Waals surface area contributed by atoms with Gasteiger partial charge in [0.1, 0.15) is 5.75 Å². The van der Waals surface area contributed by atoms with E-state index in [1.807, 2.05) is 24.3 Å². The Kier molecular flexibility index (Phi) is 5.56. The van der Waals surface area contributed by atoms with Gasteiger partial charge in [0, 0.05) is 11.0 Å². The van der Waals surface area contributed by atoms with E-state index in [1.54, 1.807) is 0 Å². The van der Waals surface area contributed by atoms with Crippen LogP contribution in [0.5, 0.6) is 5.75 Å². The quantitative estimate of drug-likeness (QED) is 0.649. The average Bonchev–Trinajstić information content (AvgIpc) is 3.34. The normalized spacial score (nSPS) is 16.1. The molecule has 2 aromatic carbocycles. The fourth-order valence-electron chi connectivity index (χ4n) is 2.78. The van der Waals surface area contributed by atoms with E-state index in [4.69, 9.17) is 0 Å². The molecule has 0 bridgehead atoms. The van der Waals surface area contributed by atoms with Crippen molar-refractivity contribution in [2.75, 3.05) is 6.54 Å². The summed E-state index contributed by atoms with van der Waals surface area (Å²) in [7, 11) is -3.81. The Morgan fingerprint density at radius 2 is 1.63 bits per heavy atom. The minimum Gasteiger partial charge on any atom is -0.406 e. The minimum absolute atomic E-state index is 0.100. The summed E-state index contributed by atoms with van der Waals surface area (Å²) in [5.74, 6) is -0.463. The molecule has 0 amide bonds. The van der Waals surface area contributed by atoms with E-state index in [2.05, 4.69) is 25.4 Å². The van der Waals surface area contributed by atoms with E-state index in [9.17, 15) is 21.6 Å². The van der Waals surface area contributed by atoms with E-state index in [0.717, 1.165) is 53.6 Å². The zero-order valence-corrected chi connectivity index (χ0v) is 16.5. The predicted octanol–water partition coefficient (Wildman–Crippen LogP) is 4.65. The molecule has 9 heteroatoms. The number of alkyl halides is 3. The average molecular weight is 464 g/mol. The van der Waals surface area contributed by atoms with Crippen LogP contribution in [0.1, 0.15) is 18.4 Å². The predicted molar refractivity (Wildman–Crippen MR) is 97.8 cm³/mol. The van der Waals surface area contributed by atoms with E-state index in [-0.39, 0.29) is 16.9 Å². The highest BCUT2D eigenvalue weighted by molar-refractivity contribution is 9.10. The monoisotopic (exact) mass is 463 g/mol. The number of halogens is 4. The Labute approximate surface area is 163 Å². The van der Waals surface area contributed by atoms with Gasteiger partial charge in [-0.25, -0.2) is 13.1 Å². The Balaban J connectivity index is 1.62. The van der Waals surface area contributed by atoms with Crippen LogP contribution in [-0.2, 0) is 16.4 Å². The van der Waals surface area contributed by atoms with Crippen LogP contribution in [0.2, 0.25) is 0 Å². The van der Waals surface area contributed by atoms with E-state index >= 15 is 0 Å². The second-order valence-corrected chi connectivity index (χ2v) is 9.33. The van der Waals surface area contributed by atoms with Crippen molar-refractivity contribution in [2.24, 2.45) is 5.41 Å². The Morgan fingerprint density at radius 1 is 1.04 bits per heavy atom. The molecular formula is C18H17BrF3NO3S. The zero-order chi connectivity index (χ0) is 19.7. The van der Waals surface area contributed by atoms with Crippen LogP contribution in [-0.4, -0.2) is 21.3 Å². The van der Waals surface area contributed by atoms with Crippen molar-refractivity contribution in [3.63, 3.8) is 0 Å². The molecule has 0 aromatic heterocycles. The largest absolute Gasteiger partial charge is 0.573 e. The molecule has 0 heterocycles. The van der Waals surface area contributed by atoms with Gasteiger partial charge in [-0.05, 0) is 66.6 Å². The van der Waals surface area contributed by atoms with Crippen molar-refractivity contribution in [3.05, 3.63) is 58.6 Å². The number of sulfonamides is 1. The van der Waals surface area contributed by atoms with Crippen LogP contribution in [0.15, 0.2) is 57.9 Å². The lowest BCUT2D eigenvalue weighted by molar-refractivity contribution is -0.274. The highest BCUT2D eigenvalue weighted by Gasteiger charge is 2.43. The first-order valence-electron chi connectivity index (χ1n) is 8.17. The van der Waals surface area contributed by atoms with Gasteiger partial charge in [0.15, 0.2) is 0 Å². The van der Waals surface area contributed by atoms with Crippen LogP contribution >= 0.6 is 15.9 Å². The summed E-state index contributed by atoms with van der Waals surface area (Å²) in [4.78, 5) is -0.100. The first-order chi connectivity index (χ1) is 12.6. The molecule has 1 fully saturated rings. The third-order valence-corrected chi connectivity index (χ3v) is 6.40. The molecule has 0 radical (unpaired) electrons. The fraction of sp³-hybridized carbons (Fsp3) is 0.333. The maximum atomic E-state index is 12.4. The van der Waals surface area contributed by atoms with Gasteiger partial charge in [0.05, 0.1) is 4.90 Å². The molecule has 1 aliphatic carbocycles. The molecule has 3 rings (SSSR count). The second kappa shape index (κ2) is 7.44. The molecular weight excluding hydrogens is 447 g/mol. The molecule has 1 saturated carbocycles. The summed E-state index contributed by atoms with van der Waals surface area (Å²) in [6.07, 6.45) is -2.21. The van der Waals surface area contributed by atoms with Crippen molar-refractivity contribution >= 4 is 26.0 Å². The molecule has 27 heavy (non-hydrogen) atoms. The first-order valence-corrected chi connectivity index (χ1v) is 10.4. The van der Waals surface area contributed by atoms with Crippen LogP contribution in [0, 0.1) is 5.41 Å². The first kappa shape index (κ1) is 20.2. The molecule has 1 N–H and O–H groups in total. The lowest BCUT2D eigenvalue weighted by Gasteiger charge is -2.17. The van der Waals surface area contributed by atoms with E-state index < -0.39 is 22.1 Å². The number of rotatable bonds is 7. The molecule has 0 aliphatic heterocycles. The summed E-state index contributed by atoms with van der Waals surface area (Å²) in [5.41, 5.74) is 1.02. The van der Waals surface area contributed by atoms with Crippen molar-refractivity contribution in [1.82, 2.24) is 4.72 Å². The van der Waals surface area contributed by atoms with Crippen LogP contribution in [0.25, 0.3) is 0 Å². The summed E-state index contributed by atoms with van der Waals surface area (Å²) in [6, 6.07) is 12.0. The topological polar surface area (TPSA) is 55.4 Å². The molecule has 146 valence electrons. The molecule has 0 spiro atoms. The Morgan fingerprint density at radius 3 is 2.15 bits per heavy atom. The van der Waals surface area contributed by atoms with Gasteiger partial charge in [-0.2, -0.15) is 0 Å². The van der Waals surface area contributed by atoms with Crippen molar-refractivity contribution in [3.8, 4) is 5.75 Å². The number of hydrogen-bond donors (Lipinski definition) is 1. The molecule has 0 saturated heterocycles. The van der Waals surface area contributed by atoms with Crippen LogP contribution in [0.4, 0.5) is 13.2 Å². The fourth-order valence-corrected chi connectivity index (χ4v) is 4.20. The SMILES string of the molecule is O=S(=O)(NCC1(Cc2ccc(Br)cc2)CC1)c1ccc(OC(F)(F)F)cc1. The highest BCUT2D eigenvalue weighted by Crippen LogP contribution is 2.48. The van der Waals surface area contributed by atoms with Crippen LogP contribution < -0.4 is 9.46 Å². The van der Waals surface area contributed by atoms with Gasteiger partial charge in [0.25, 0.3) is 0 Å². The minimum atomic E-state index is -4.82. The zero-order valence-electron chi connectivity index (χ0n) is 14.1. The number of nitrogens with one attached hydrogen (secondary N) is 1. The number of ether oxygens (including phenoxy) is 1. The third kappa shape index (κ3) is 5.70. The lowest BCUT2D eigenvalue weighted by atomic mass is 9.97. The number of hydrogen-bond acceptors (Lipinski definition) is 3. The highest BCUT2D eigenvalue weighted by atomic mass is 79.9. The second-order valence-electron chi connectivity index (χ2n) is 6.65. The summed E-state index contributed by atoms with van der Waals surface area (Å²) in [5, 5.41) is 0. The summed E-state index contributed by atoms with van der Waals surface area (Å²) in [6.45, 7) is 0.284. The van der Waals surface area contributed by atoms with E-state index in [1.165, 1.54) is 0 Å². The third-order valence-electron chi connectivity index (χ3n) is 4.45. The van der Waals surface area contributed by atoms with E-state index in [0.29, 0.717) is 0 Å². The van der Waals surface area contributed by atoms with Gasteiger partial charge in [0.2, 0.25) is 10.0 Å². The lowest BCUT2D eigenvalue weighted by Crippen LogP contribution is -2.31. The van der Waals surface area contributed by atoms with Gasteiger partial charge in [-0.3, -0.25) is 0 Å². The Bertz CT molecular complexity index is 893. The van der Waals surface area contributed by atoms with Crippen LogP contribution in [0.3, 0.4) is 0 Å². The van der Waals surface area contributed by atoms with Gasteiger partial charge in [-0.15, -0.1) is 13.2 Å².